The summed E-state index contributed by atoms with van der Waals surface area (Å²) in [7, 11) is 0. The van der Waals surface area contributed by atoms with Gasteiger partial charge in [0.1, 0.15) is 84.6 Å². The second-order valence-electron chi connectivity index (χ2n) is 33.3. The third-order valence-corrected chi connectivity index (χ3v) is 23.1. The summed E-state index contributed by atoms with van der Waals surface area (Å²) in [5.74, 6) is -16.8. The summed E-state index contributed by atoms with van der Waals surface area (Å²) >= 11 is 5.65. The number of nitrogens with one attached hydrogen (secondary N) is 26. The number of para-hydroxylation sites is 1. The van der Waals surface area contributed by atoms with Gasteiger partial charge >= 0.3 is 0 Å². The normalized spacial score (nSPS) is 14.9. The first-order valence-electron chi connectivity index (χ1n) is 45.6. The number of H-pyrrole nitrogens is 1. The molecule has 0 saturated carbocycles. The van der Waals surface area contributed by atoms with Crippen LogP contribution in [0.25, 0.3) is 10.9 Å². The molecule has 138 heavy (non-hydrogen) atoms. The molecule has 14 atom stereocenters. The van der Waals surface area contributed by atoms with Crippen LogP contribution in [0.2, 0.25) is 0 Å². The van der Waals surface area contributed by atoms with E-state index in [9.17, 15) is 67.4 Å². The van der Waals surface area contributed by atoms with Gasteiger partial charge in [-0.1, -0.05) is 62.4 Å². The van der Waals surface area contributed by atoms with E-state index in [1.807, 2.05) is 12.1 Å². The number of fused-ring (bicyclic) bond motifs is 1. The van der Waals surface area contributed by atoms with Crippen LogP contribution in [0, 0.1) is 38.4 Å². The first-order chi connectivity index (χ1) is 65.6. The maximum atomic E-state index is 15.0. The quantitative estimate of drug-likeness (QED) is 0.0108. The van der Waals surface area contributed by atoms with Crippen molar-refractivity contribution >= 4 is 160 Å². The molecule has 1 aromatic heterocycles. The zero-order chi connectivity index (χ0) is 103. The maximum Gasteiger partial charge on any atom is 0.245 e. The molecule has 51 nitrogen and oxygen atoms in total. The van der Waals surface area contributed by atoms with Gasteiger partial charge < -0.3 is 162 Å². The van der Waals surface area contributed by atoms with Crippen molar-refractivity contribution in [2.24, 2.45) is 51.8 Å². The number of aliphatic hydroxyl groups excluding tert-OH is 1. The number of benzene rings is 2. The molecule has 43 N–H and O–H groups in total. The number of aliphatic hydroxyl groups is 1. The van der Waals surface area contributed by atoms with Gasteiger partial charge in [0.2, 0.25) is 88.6 Å². The van der Waals surface area contributed by atoms with Crippen LogP contribution in [0.4, 0.5) is 0 Å². The number of hydrogen-bond acceptors (Lipinski definition) is 25. The predicted octanol–water partition coefficient (Wildman–Crippen LogP) is -8.21. The molecule has 1 fully saturated rings. The Morgan fingerprint density at radius 3 is 1.12 bits per heavy atom. The Bertz CT molecular complexity index is 4590. The number of thiol groups is 1. The number of primary amides is 1. The maximum absolute atomic E-state index is 15.0. The molecule has 3 aromatic rings. The number of nitrogens with two attached hydrogens (primary N) is 8. The Kier molecular flexibility index (Phi) is 53.1. The van der Waals surface area contributed by atoms with Gasteiger partial charge in [-0.3, -0.25) is 104 Å². The fourth-order valence-corrected chi connectivity index (χ4v) is 15.4. The van der Waals surface area contributed by atoms with E-state index in [-0.39, 0.29) is 179 Å². The number of carbonyl (C=O) groups is 15. The molecular formula is C85H143N35O16S2. The minimum Gasteiger partial charge on any atom is -0.394 e. The van der Waals surface area contributed by atoms with Crippen molar-refractivity contribution in [2.45, 2.75) is 234 Å². The molecular weight excluding hydrogens is 1830 g/mol. The van der Waals surface area contributed by atoms with Gasteiger partial charge in [0.05, 0.1) is 6.61 Å². The van der Waals surface area contributed by atoms with E-state index in [1.165, 1.54) is 23.6 Å². The fourth-order valence-electron chi connectivity index (χ4n) is 14.7. The van der Waals surface area contributed by atoms with E-state index in [0.29, 0.717) is 36.9 Å². The summed E-state index contributed by atoms with van der Waals surface area (Å²) in [5, 5.41) is 108. The smallest absolute Gasteiger partial charge is 0.245 e. The largest absolute Gasteiger partial charge is 0.394 e. The predicted molar refractivity (Wildman–Crippen MR) is 523 cm³/mol. The van der Waals surface area contributed by atoms with Crippen LogP contribution < -0.4 is 147 Å². The Balaban J connectivity index is 1.66. The lowest BCUT2D eigenvalue weighted by Crippen LogP contribution is -2.62. The first kappa shape index (κ1) is 117. The lowest BCUT2D eigenvalue weighted by atomic mass is 10.0. The van der Waals surface area contributed by atoms with E-state index < -0.39 is 209 Å². The van der Waals surface area contributed by atoms with Crippen molar-refractivity contribution in [3.63, 3.8) is 0 Å². The number of carbonyl (C=O) groups excluding carboxylic acids is 15. The highest BCUT2D eigenvalue weighted by atomic mass is 32.2. The van der Waals surface area contributed by atoms with Crippen LogP contribution in [-0.2, 0) is 84.8 Å². The summed E-state index contributed by atoms with van der Waals surface area (Å²) in [6, 6.07) is -4.96. The molecule has 1 aliphatic rings. The number of rotatable bonds is 65. The monoisotopic (exact) mass is 1970 g/mol. The number of aromatic amines is 1. The molecule has 15 amide bonds. The number of thioether (sulfide) groups is 1. The van der Waals surface area contributed by atoms with Crippen molar-refractivity contribution in [1.82, 2.24) is 111 Å². The van der Waals surface area contributed by atoms with Gasteiger partial charge in [-0.2, -0.15) is 24.4 Å². The number of nitrogens with zero attached hydrogens (tertiary/aromatic N) is 1. The van der Waals surface area contributed by atoms with Crippen molar-refractivity contribution in [3.05, 3.63) is 71.9 Å². The lowest BCUT2D eigenvalue weighted by molar-refractivity contribution is -0.139. The Morgan fingerprint density at radius 1 is 0.420 bits per heavy atom. The summed E-state index contributed by atoms with van der Waals surface area (Å²) in [6.07, 6.45) is 3.65. The second-order valence-corrected chi connectivity index (χ2v) is 34.7. The highest BCUT2D eigenvalue weighted by Gasteiger charge is 2.40. The molecule has 766 valence electrons. The van der Waals surface area contributed by atoms with Crippen LogP contribution in [0.3, 0.4) is 0 Å². The SMILES string of the molecule is CSCC[C@H](NC(=O)[C@H](CCCCN)NC(=O)[C@H](CCCNC(=N)N)NC(=O)[C@@H](NC(=O)[C@H](CS)NC(=O)[C@H](Cc1ccccc1)NC(=O)[C@H](CO)NC(=O)[C@H](CCCNC(=N)N)NC(=O)[C@@H]1CCCN1C(C)=O)C(C)C)C(=O)N[C@@H](CCCNC(=N)N)C(=O)N[C@@H](CCCNC(=N)N)C(=O)N[C@@H](CCCNC(=N)N)C(=O)N[C@@H](CCCNC(=N)N)C(=O)N[C@@H](Cc1c[nH]c2ccccc12)C(N)=O. The zero-order valence-electron chi connectivity index (χ0n) is 78.3. The standard InChI is InChI=1S/C85H143N35O16S2/c1-46(2)65(119-77(134)63(45-137)118-75(132)61(41-48-19-6-5-7-20-48)116-76(133)62(44-121)117-73(130)57(28-16-37-104-84(96)97)113-78(135)64-30-18-39-120(64)47(3)122)79(136)114-58(29-17-38-105-85(98)99)71(128)107-52(23-10-11-32-86)67(124)112-59(31-40-138-4)74(131)111-55(26-14-35-102-82(92)93)70(127)109-53(24-12-33-100-80(88)89)68(125)108-54(25-13-34-101-81(90)91)69(126)110-56(27-15-36-103-83(94)95)72(129)115-60(66(87)123)42-49-43-106-51-22-9-8-21-50(49)51/h5-9,19-22,43,46,52-65,106,121,137H,10-18,23-42,44-45,86H2,1-4H3,(H2,87,123)(H,107,128)(H,108,125)(H,109,127)(H,110,126)(H,111,131)(H,112,124)(H,113,135)(H,114,136)(H,115,129)(H,116,133)(H,117,130)(H,118,132)(H,119,134)(H4,88,89,100)(H4,90,91,101)(H4,92,93,102)(H4,94,95,103)(H4,96,97,104)(H4,98,99,105)/t52-,53-,54-,55-,56-,57-,58-,59-,60-,61-,62-,63-,64-,65-/m0/s1. The molecule has 0 radical (unpaired) electrons. The number of hydrogen-bond donors (Lipinski definition) is 36. The van der Waals surface area contributed by atoms with Gasteiger partial charge in [-0.05, 0) is 157 Å². The average molecular weight is 1980 g/mol. The van der Waals surface area contributed by atoms with Crippen LogP contribution in [0.15, 0.2) is 60.8 Å². The fraction of sp³-hybridized carbons (Fsp3) is 0.588. The highest BCUT2D eigenvalue weighted by Crippen LogP contribution is 2.22. The number of likely N-dealkylation sites (tertiary alicyclic amines) is 1. The summed E-state index contributed by atoms with van der Waals surface area (Å²) in [5.41, 5.74) is 47.1. The van der Waals surface area contributed by atoms with Gasteiger partial charge in [-0.25, -0.2) is 0 Å². The van der Waals surface area contributed by atoms with Gasteiger partial charge in [0, 0.05) is 88.4 Å². The van der Waals surface area contributed by atoms with Gasteiger partial charge in [-0.15, -0.1) is 0 Å². The molecule has 1 aliphatic heterocycles. The Hall–Kier alpha value is -13.7. The van der Waals surface area contributed by atoms with Crippen molar-refractivity contribution in [1.29, 1.82) is 32.5 Å². The Morgan fingerprint density at radius 2 is 0.754 bits per heavy atom. The van der Waals surface area contributed by atoms with Crippen molar-refractivity contribution in [2.75, 3.05) is 76.7 Å². The van der Waals surface area contributed by atoms with E-state index in [1.54, 1.807) is 68.8 Å². The van der Waals surface area contributed by atoms with E-state index in [0.717, 1.165) is 10.9 Å². The minimum absolute atomic E-state index is 0.00449. The van der Waals surface area contributed by atoms with E-state index in [4.69, 9.17) is 78.3 Å². The summed E-state index contributed by atoms with van der Waals surface area (Å²) in [6.45, 7) is 3.97. The van der Waals surface area contributed by atoms with Crippen LogP contribution >= 0.6 is 24.4 Å². The first-order valence-corrected chi connectivity index (χ1v) is 47.6. The summed E-state index contributed by atoms with van der Waals surface area (Å²) < 4.78 is 0. The van der Waals surface area contributed by atoms with E-state index in [2.05, 4.69) is 119 Å². The minimum atomic E-state index is -1.75. The molecule has 0 spiro atoms. The molecule has 2 heterocycles. The molecule has 0 aliphatic carbocycles. The number of amides is 15. The number of unbranched alkanes of at least 4 members (excludes halogenated alkanes) is 1. The Labute approximate surface area is 810 Å². The molecule has 0 unspecified atom stereocenters. The highest BCUT2D eigenvalue weighted by molar-refractivity contribution is 7.98. The lowest BCUT2D eigenvalue weighted by Gasteiger charge is -2.29. The third-order valence-electron chi connectivity index (χ3n) is 22.0. The molecule has 1 saturated heterocycles. The number of aromatic nitrogens is 1. The molecule has 2 aromatic carbocycles. The van der Waals surface area contributed by atoms with Crippen molar-refractivity contribution in [3.8, 4) is 0 Å². The van der Waals surface area contributed by atoms with Crippen LogP contribution in [-0.4, -0.2) is 301 Å². The average Bonchev–Trinajstić information content (AvgIpc) is 1.68. The molecule has 0 bridgehead atoms. The van der Waals surface area contributed by atoms with Crippen LogP contribution in [0.5, 0.6) is 0 Å². The van der Waals surface area contributed by atoms with Gasteiger partial charge in [0.25, 0.3) is 0 Å². The van der Waals surface area contributed by atoms with E-state index >= 15 is 9.59 Å². The topological polar surface area (TPSA) is 875 Å². The molecule has 4 rings (SSSR count). The van der Waals surface area contributed by atoms with Crippen molar-refractivity contribution < 1.29 is 77.0 Å². The second kappa shape index (κ2) is 62.8. The zero-order valence-corrected chi connectivity index (χ0v) is 80.1. The van der Waals surface area contributed by atoms with Gasteiger partial charge in [0.15, 0.2) is 35.8 Å². The number of guanidine groups is 6. The van der Waals surface area contributed by atoms with Crippen LogP contribution in [0.1, 0.15) is 147 Å². The third kappa shape index (κ3) is 43.5. The summed E-state index contributed by atoms with van der Waals surface area (Å²) in [4.78, 5) is 220. The molecule has 53 heteroatoms.